The van der Waals surface area contributed by atoms with Crippen LogP contribution in [0.2, 0.25) is 5.02 Å². The Morgan fingerprint density at radius 3 is 2.44 bits per heavy atom. The second kappa shape index (κ2) is 10.2. The summed E-state index contributed by atoms with van der Waals surface area (Å²) in [6, 6.07) is 5.92. The van der Waals surface area contributed by atoms with Crippen LogP contribution in [-0.4, -0.2) is 55.6 Å². The Labute approximate surface area is 210 Å². The quantitative estimate of drug-likeness (QED) is 0.459. The molecule has 0 spiro atoms. The highest BCUT2D eigenvalue weighted by Crippen LogP contribution is 2.33. The Kier molecular flexibility index (Phi) is 7.60. The van der Waals surface area contributed by atoms with Gasteiger partial charge >= 0.3 is 17.8 Å². The zero-order valence-corrected chi connectivity index (χ0v) is 21.2. The van der Waals surface area contributed by atoms with Crippen molar-refractivity contribution >= 4 is 44.8 Å². The molecule has 0 radical (unpaired) electrons. The number of carboxylic acid groups (broad SMARTS) is 1. The first kappa shape index (κ1) is 27.0. The highest BCUT2D eigenvalue weighted by Gasteiger charge is 2.30. The van der Waals surface area contributed by atoms with Crippen LogP contribution in [0.5, 0.6) is 5.75 Å². The molecule has 0 atom stereocenters. The molecule has 1 aromatic heterocycles. The molecule has 36 heavy (non-hydrogen) atoms. The van der Waals surface area contributed by atoms with Crippen molar-refractivity contribution in [3.05, 3.63) is 68.3 Å². The lowest BCUT2D eigenvalue weighted by Crippen LogP contribution is -2.36. The first-order chi connectivity index (χ1) is 16.8. The number of carbonyl (C=O) groups is 2. The Bertz CT molecular complexity index is 1540. The first-order valence-electron chi connectivity index (χ1n) is 10.5. The van der Waals surface area contributed by atoms with Crippen molar-refractivity contribution in [2.75, 3.05) is 20.6 Å². The molecule has 0 aliphatic heterocycles. The minimum atomic E-state index is -4.68. The predicted octanol–water partition coefficient (Wildman–Crippen LogP) is 4.23. The molecule has 0 unspecified atom stereocenters. The number of benzene rings is 2. The third-order valence-corrected chi connectivity index (χ3v) is 7.51. The van der Waals surface area contributed by atoms with Gasteiger partial charge in [0.05, 0.1) is 5.02 Å². The van der Waals surface area contributed by atoms with Gasteiger partial charge in [0.15, 0.2) is 5.75 Å². The van der Waals surface area contributed by atoms with Crippen molar-refractivity contribution in [2.45, 2.75) is 25.2 Å². The van der Waals surface area contributed by atoms with E-state index in [0.29, 0.717) is 10.9 Å². The maximum absolute atomic E-state index is 14.4. The van der Waals surface area contributed by atoms with Gasteiger partial charge in [-0.15, -0.1) is 0 Å². The SMILES string of the molecule is CCN(C(=O)O)S(=O)(=O)c1cc(Cc2c(C)c3cc(Cl)c(OC(=O)N(C)C)cc3oc2=O)ccc1F. The molecule has 0 fully saturated rings. The van der Waals surface area contributed by atoms with Crippen LogP contribution in [-0.2, 0) is 16.4 Å². The van der Waals surface area contributed by atoms with E-state index < -0.39 is 45.1 Å². The lowest BCUT2D eigenvalue weighted by molar-refractivity contribution is 0.171. The molecule has 2 aromatic carbocycles. The molecule has 3 aromatic rings. The Hall–Kier alpha value is -3.64. The van der Waals surface area contributed by atoms with E-state index in [0.717, 1.165) is 12.1 Å². The number of rotatable bonds is 6. The van der Waals surface area contributed by atoms with E-state index in [1.54, 1.807) is 6.92 Å². The molecule has 0 bridgehead atoms. The molecule has 10 nitrogen and oxygen atoms in total. The van der Waals surface area contributed by atoms with Crippen LogP contribution < -0.4 is 10.4 Å². The fourth-order valence-electron chi connectivity index (χ4n) is 3.44. The van der Waals surface area contributed by atoms with E-state index in [1.165, 1.54) is 44.1 Å². The lowest BCUT2D eigenvalue weighted by atomic mass is 9.99. The van der Waals surface area contributed by atoms with Crippen LogP contribution in [0.15, 0.2) is 44.4 Å². The van der Waals surface area contributed by atoms with Gasteiger partial charge in [-0.3, -0.25) is 0 Å². The van der Waals surface area contributed by atoms with Gasteiger partial charge in [-0.05, 0) is 43.2 Å². The molecule has 0 aliphatic rings. The summed E-state index contributed by atoms with van der Waals surface area (Å²) in [5.41, 5.74) is 0.199. The Morgan fingerprint density at radius 1 is 1.19 bits per heavy atom. The van der Waals surface area contributed by atoms with Gasteiger partial charge in [0.25, 0.3) is 10.0 Å². The average Bonchev–Trinajstić information content (AvgIpc) is 2.78. The van der Waals surface area contributed by atoms with Gasteiger partial charge < -0.3 is 19.2 Å². The van der Waals surface area contributed by atoms with Gasteiger partial charge in [0.1, 0.15) is 16.3 Å². The molecule has 1 N–H and O–H groups in total. The van der Waals surface area contributed by atoms with Gasteiger partial charge in [-0.2, -0.15) is 0 Å². The normalized spacial score (nSPS) is 11.4. The first-order valence-corrected chi connectivity index (χ1v) is 12.3. The summed E-state index contributed by atoms with van der Waals surface area (Å²) in [6.07, 6.45) is -2.57. The molecule has 2 amide bonds. The second-order valence-electron chi connectivity index (χ2n) is 7.93. The highest BCUT2D eigenvalue weighted by atomic mass is 35.5. The van der Waals surface area contributed by atoms with E-state index in [2.05, 4.69) is 0 Å². The fourth-order valence-corrected chi connectivity index (χ4v) is 5.04. The van der Waals surface area contributed by atoms with Crippen molar-refractivity contribution in [3.63, 3.8) is 0 Å². The number of fused-ring (bicyclic) bond motifs is 1. The molecule has 0 saturated carbocycles. The molecule has 192 valence electrons. The number of aryl methyl sites for hydroxylation is 1. The molecule has 1 heterocycles. The predicted molar refractivity (Wildman–Crippen MR) is 129 cm³/mol. The van der Waals surface area contributed by atoms with Crippen LogP contribution >= 0.6 is 11.6 Å². The minimum Gasteiger partial charge on any atom is -0.464 e. The van der Waals surface area contributed by atoms with Crippen LogP contribution in [0.25, 0.3) is 11.0 Å². The number of amides is 2. The van der Waals surface area contributed by atoms with Crippen LogP contribution in [0.4, 0.5) is 14.0 Å². The summed E-state index contributed by atoms with van der Waals surface area (Å²) in [5.74, 6) is -1.14. The lowest BCUT2D eigenvalue weighted by Gasteiger charge is -2.18. The summed E-state index contributed by atoms with van der Waals surface area (Å²) < 4.78 is 50.5. The summed E-state index contributed by atoms with van der Waals surface area (Å²) >= 11 is 6.26. The summed E-state index contributed by atoms with van der Waals surface area (Å²) in [5, 5.41) is 9.71. The van der Waals surface area contributed by atoms with Gasteiger partial charge in [0, 0.05) is 44.1 Å². The zero-order chi connectivity index (χ0) is 26.9. The summed E-state index contributed by atoms with van der Waals surface area (Å²) in [4.78, 5) is 36.3. The van der Waals surface area contributed by atoms with E-state index in [9.17, 15) is 32.3 Å². The number of halogens is 2. The highest BCUT2D eigenvalue weighted by molar-refractivity contribution is 7.89. The topological polar surface area (TPSA) is 134 Å². The Balaban J connectivity index is 2.07. The van der Waals surface area contributed by atoms with Crippen molar-refractivity contribution in [1.29, 1.82) is 0 Å². The number of hydrogen-bond donors (Lipinski definition) is 1. The number of hydrogen-bond acceptors (Lipinski definition) is 7. The van der Waals surface area contributed by atoms with Gasteiger partial charge in [-0.1, -0.05) is 17.7 Å². The number of sulfonamides is 1. The third-order valence-electron chi connectivity index (χ3n) is 5.35. The number of ether oxygens (including phenoxy) is 1. The maximum atomic E-state index is 14.4. The fraction of sp³-hybridized carbons (Fsp3) is 0.261. The van der Waals surface area contributed by atoms with Gasteiger partial charge in [0.2, 0.25) is 0 Å². The molecule has 3 rings (SSSR count). The largest absolute Gasteiger partial charge is 0.464 e. The molecule has 0 saturated heterocycles. The maximum Gasteiger partial charge on any atom is 0.421 e. The zero-order valence-electron chi connectivity index (χ0n) is 19.7. The van der Waals surface area contributed by atoms with E-state index in [1.807, 2.05) is 0 Å². The van der Waals surface area contributed by atoms with Crippen molar-refractivity contribution in [3.8, 4) is 5.75 Å². The van der Waals surface area contributed by atoms with E-state index in [-0.39, 0.29) is 38.2 Å². The molecule has 0 aliphatic carbocycles. The van der Waals surface area contributed by atoms with Crippen LogP contribution in [0, 0.1) is 12.7 Å². The average molecular weight is 541 g/mol. The Morgan fingerprint density at radius 2 is 1.86 bits per heavy atom. The van der Waals surface area contributed by atoms with Crippen molar-refractivity contribution < 1.29 is 36.7 Å². The third kappa shape index (κ3) is 5.14. The number of carbonyl (C=O) groups excluding carboxylic acids is 1. The second-order valence-corrected chi connectivity index (χ2v) is 10.2. The standard InChI is InChI=1S/C23H22ClFN2O8S/c1-5-27(22(29)30)36(32,33)20-9-13(6-7-17(20)25)8-15-12(2)14-10-16(24)19(35-23(31)26(3)4)11-18(14)34-21(15)28/h6-7,9-11H,5,8H2,1-4H3,(H,29,30). The minimum absolute atomic E-state index is 0.00883. The van der Waals surface area contributed by atoms with E-state index in [4.69, 9.17) is 20.8 Å². The monoisotopic (exact) mass is 540 g/mol. The smallest absolute Gasteiger partial charge is 0.421 e. The van der Waals surface area contributed by atoms with Crippen molar-refractivity contribution in [1.82, 2.24) is 9.21 Å². The van der Waals surface area contributed by atoms with Crippen LogP contribution in [0.3, 0.4) is 0 Å². The molecular formula is C23H22ClFN2O8S. The van der Waals surface area contributed by atoms with E-state index >= 15 is 0 Å². The molecule has 13 heteroatoms. The summed E-state index contributed by atoms with van der Waals surface area (Å²) in [7, 11) is -1.71. The molecular weight excluding hydrogens is 519 g/mol. The van der Waals surface area contributed by atoms with Crippen LogP contribution in [0.1, 0.15) is 23.6 Å². The van der Waals surface area contributed by atoms with Crippen molar-refractivity contribution in [2.24, 2.45) is 0 Å². The summed E-state index contributed by atoms with van der Waals surface area (Å²) in [6.45, 7) is 2.51. The number of nitrogens with zero attached hydrogens (tertiary/aromatic N) is 2. The van der Waals surface area contributed by atoms with Gasteiger partial charge in [-0.25, -0.2) is 31.5 Å².